The van der Waals surface area contributed by atoms with Crippen LogP contribution in [0.3, 0.4) is 0 Å². The topological polar surface area (TPSA) is 52.9 Å². The molecule has 1 aromatic rings. The average Bonchev–Trinajstić information content (AvgIpc) is 2.51. The number of carbonyl (C=O) groups is 1. The molecule has 23 heavy (non-hydrogen) atoms. The summed E-state index contributed by atoms with van der Waals surface area (Å²) in [5, 5.41) is 11.0. The number of rotatable bonds is 12. The minimum absolute atomic E-state index is 0. The molecule has 0 atom stereocenters. The Bertz CT molecular complexity index is 438. The molecular formula is C18H28ClN2O2-. The monoisotopic (exact) mass is 339 g/mol. The van der Waals surface area contributed by atoms with Gasteiger partial charge in [-0.05, 0) is 32.0 Å². The van der Waals surface area contributed by atoms with E-state index in [-0.39, 0.29) is 18.2 Å². The second-order valence-electron chi connectivity index (χ2n) is 5.81. The van der Waals surface area contributed by atoms with Crippen molar-refractivity contribution in [2.24, 2.45) is 5.16 Å². The third-order valence-electron chi connectivity index (χ3n) is 3.71. The van der Waals surface area contributed by atoms with E-state index < -0.39 is 0 Å². The van der Waals surface area contributed by atoms with Gasteiger partial charge in [0, 0.05) is 13.0 Å². The molecule has 0 aliphatic carbocycles. The Kier molecular flexibility index (Phi) is 13.4. The number of nitrogens with zero attached hydrogens (tertiary/aromatic N) is 2. The van der Waals surface area contributed by atoms with Crippen molar-refractivity contribution in [2.45, 2.75) is 51.5 Å². The molecule has 0 unspecified atom stereocenters. The zero-order chi connectivity index (χ0) is 16.0. The molecule has 0 amide bonds. The first-order valence-electron chi connectivity index (χ1n) is 8.15. The zero-order valence-corrected chi connectivity index (χ0v) is 14.7. The number of Topliss-reactive ketones (excluding diaryl/α,β-unsaturated/α-hetero) is 1. The molecule has 0 spiro atoms. The van der Waals surface area contributed by atoms with Crippen LogP contribution >= 0.6 is 0 Å². The molecule has 5 heteroatoms. The minimum Gasteiger partial charge on any atom is -1.00 e. The average molecular weight is 340 g/mol. The number of unbranched alkanes of at least 4 members (excludes halogenated alkanes) is 5. The van der Waals surface area contributed by atoms with Gasteiger partial charge in [0.15, 0.2) is 5.78 Å². The second kappa shape index (κ2) is 14.2. The van der Waals surface area contributed by atoms with Crippen LogP contribution in [-0.2, 0) is 11.3 Å². The second-order valence-corrected chi connectivity index (χ2v) is 5.81. The van der Waals surface area contributed by atoms with Crippen molar-refractivity contribution < 1.29 is 22.4 Å². The molecule has 130 valence electrons. The number of halogens is 1. The van der Waals surface area contributed by atoms with Crippen LogP contribution in [0.15, 0.2) is 35.5 Å². The van der Waals surface area contributed by atoms with Crippen LogP contribution in [0.5, 0.6) is 0 Å². The number of hydrogen-bond acceptors (Lipinski definition) is 4. The Morgan fingerprint density at radius 2 is 1.70 bits per heavy atom. The molecule has 1 aromatic carbocycles. The van der Waals surface area contributed by atoms with Gasteiger partial charge >= 0.3 is 0 Å². The molecule has 1 rings (SSSR count). The summed E-state index contributed by atoms with van der Waals surface area (Å²) in [4.78, 5) is 13.5. The summed E-state index contributed by atoms with van der Waals surface area (Å²) in [6.45, 7) is 2.13. The fourth-order valence-electron chi connectivity index (χ4n) is 2.49. The maximum atomic E-state index is 11.1. The van der Waals surface area contributed by atoms with E-state index in [4.69, 9.17) is 5.21 Å². The van der Waals surface area contributed by atoms with E-state index in [9.17, 15) is 4.79 Å². The van der Waals surface area contributed by atoms with Gasteiger partial charge in [0.2, 0.25) is 0 Å². The molecule has 0 aliphatic heterocycles. The van der Waals surface area contributed by atoms with E-state index >= 15 is 0 Å². The molecular weight excluding hydrogens is 312 g/mol. The van der Waals surface area contributed by atoms with Gasteiger partial charge in [-0.15, -0.1) is 0 Å². The van der Waals surface area contributed by atoms with Crippen LogP contribution < -0.4 is 12.4 Å². The molecule has 0 saturated carbocycles. The highest BCUT2D eigenvalue weighted by atomic mass is 35.5. The summed E-state index contributed by atoms with van der Waals surface area (Å²) in [6.07, 6.45) is 8.30. The third-order valence-corrected chi connectivity index (χ3v) is 3.71. The largest absolute Gasteiger partial charge is 1.00 e. The fourth-order valence-corrected chi connectivity index (χ4v) is 2.49. The third kappa shape index (κ3) is 11.8. The van der Waals surface area contributed by atoms with E-state index in [1.165, 1.54) is 31.2 Å². The van der Waals surface area contributed by atoms with E-state index in [0.29, 0.717) is 6.42 Å². The lowest BCUT2D eigenvalue weighted by Gasteiger charge is -2.16. The molecule has 0 saturated heterocycles. The first kappa shape index (κ1) is 21.6. The van der Waals surface area contributed by atoms with E-state index in [1.54, 1.807) is 0 Å². The highest BCUT2D eigenvalue weighted by Crippen LogP contribution is 2.09. The Labute approximate surface area is 146 Å². The SMILES string of the molecule is CN(CCCCCCCCC(=O)C=NO)Cc1ccccc1.[Cl-]. The van der Waals surface area contributed by atoms with Gasteiger partial charge in [-0.2, -0.15) is 0 Å². The number of ketones is 1. The normalized spacial score (nSPS) is 10.9. The summed E-state index contributed by atoms with van der Waals surface area (Å²) in [5.41, 5.74) is 1.36. The van der Waals surface area contributed by atoms with Gasteiger partial charge in [0.1, 0.15) is 6.21 Å². The Hall–Kier alpha value is -1.39. The molecule has 0 bridgehead atoms. The molecule has 0 radical (unpaired) electrons. The van der Waals surface area contributed by atoms with Crippen molar-refractivity contribution in [1.82, 2.24) is 4.90 Å². The van der Waals surface area contributed by atoms with Crippen LogP contribution in [0.1, 0.15) is 50.5 Å². The predicted molar refractivity (Wildman–Crippen MR) is 90.4 cm³/mol. The van der Waals surface area contributed by atoms with Gasteiger partial charge in [0.05, 0.1) is 0 Å². The highest BCUT2D eigenvalue weighted by molar-refractivity contribution is 6.27. The predicted octanol–water partition coefficient (Wildman–Crippen LogP) is 0.882. The highest BCUT2D eigenvalue weighted by Gasteiger charge is 2.00. The molecule has 0 fully saturated rings. The summed E-state index contributed by atoms with van der Waals surface area (Å²) < 4.78 is 0. The quantitative estimate of drug-likeness (QED) is 0.266. The fraction of sp³-hybridized carbons (Fsp3) is 0.556. The molecule has 1 N–H and O–H groups in total. The van der Waals surface area contributed by atoms with Gasteiger partial charge in [-0.1, -0.05) is 61.2 Å². The van der Waals surface area contributed by atoms with Crippen molar-refractivity contribution in [3.63, 3.8) is 0 Å². The van der Waals surface area contributed by atoms with Crippen LogP contribution in [0.25, 0.3) is 0 Å². The van der Waals surface area contributed by atoms with E-state index in [2.05, 4.69) is 41.4 Å². The summed E-state index contributed by atoms with van der Waals surface area (Å²) >= 11 is 0. The smallest absolute Gasteiger partial charge is 0.177 e. The lowest BCUT2D eigenvalue weighted by molar-refractivity contribution is -0.112. The van der Waals surface area contributed by atoms with Gasteiger partial charge in [-0.25, -0.2) is 0 Å². The van der Waals surface area contributed by atoms with Gasteiger partial charge < -0.3 is 22.5 Å². The molecule has 4 nitrogen and oxygen atoms in total. The number of benzene rings is 1. The standard InChI is InChI=1S/C18H28N2O2.ClH/c1-20(16-17-11-7-6-8-12-17)14-10-5-3-2-4-9-13-18(21)15-19-22;/h6-8,11-12,15,22H,2-5,9-10,13-14,16H2,1H3;1H/p-1. The van der Waals surface area contributed by atoms with Crippen LogP contribution in [0, 0.1) is 0 Å². The number of oxime groups is 1. The van der Waals surface area contributed by atoms with E-state index in [0.717, 1.165) is 32.1 Å². The van der Waals surface area contributed by atoms with Crippen LogP contribution in [0.2, 0.25) is 0 Å². The van der Waals surface area contributed by atoms with Crippen molar-refractivity contribution in [1.29, 1.82) is 0 Å². The lowest BCUT2D eigenvalue weighted by Crippen LogP contribution is -3.00. The van der Waals surface area contributed by atoms with E-state index in [1.807, 2.05) is 6.07 Å². The number of hydrogen-bond donors (Lipinski definition) is 1. The maximum Gasteiger partial charge on any atom is 0.177 e. The summed E-state index contributed by atoms with van der Waals surface area (Å²) in [7, 11) is 2.17. The van der Waals surface area contributed by atoms with Crippen LogP contribution in [0.4, 0.5) is 0 Å². The van der Waals surface area contributed by atoms with Crippen molar-refractivity contribution in [3.05, 3.63) is 35.9 Å². The Morgan fingerprint density at radius 1 is 1.09 bits per heavy atom. The van der Waals surface area contributed by atoms with Crippen LogP contribution in [-0.4, -0.2) is 35.7 Å². The molecule has 0 heterocycles. The summed E-state index contributed by atoms with van der Waals surface area (Å²) in [6, 6.07) is 10.5. The first-order valence-corrected chi connectivity index (χ1v) is 8.15. The Morgan fingerprint density at radius 3 is 2.35 bits per heavy atom. The minimum atomic E-state index is -0.0926. The molecule has 0 aliphatic rings. The van der Waals surface area contributed by atoms with Crippen molar-refractivity contribution >= 4 is 12.0 Å². The number of carbonyl (C=O) groups excluding carboxylic acids is 1. The first-order chi connectivity index (χ1) is 10.7. The zero-order valence-electron chi connectivity index (χ0n) is 14.0. The van der Waals surface area contributed by atoms with Crippen molar-refractivity contribution in [3.8, 4) is 0 Å². The summed E-state index contributed by atoms with van der Waals surface area (Å²) in [5.74, 6) is -0.0926. The van der Waals surface area contributed by atoms with Crippen molar-refractivity contribution in [2.75, 3.05) is 13.6 Å². The Balaban J connectivity index is 0.00000484. The maximum absolute atomic E-state index is 11.1. The van der Waals surface area contributed by atoms with Gasteiger partial charge in [-0.3, -0.25) is 4.79 Å². The lowest BCUT2D eigenvalue weighted by atomic mass is 10.1. The van der Waals surface area contributed by atoms with Gasteiger partial charge in [0.25, 0.3) is 0 Å². The molecule has 0 aromatic heterocycles.